The van der Waals surface area contributed by atoms with E-state index >= 15 is 0 Å². The zero-order chi connectivity index (χ0) is 18.8. The van der Waals surface area contributed by atoms with E-state index in [4.69, 9.17) is 16.0 Å². The summed E-state index contributed by atoms with van der Waals surface area (Å²) in [6, 6.07) is 8.53. The summed E-state index contributed by atoms with van der Waals surface area (Å²) >= 11 is 7.28. The molecule has 1 atom stereocenters. The van der Waals surface area contributed by atoms with Crippen molar-refractivity contribution in [3.8, 4) is 0 Å². The quantitative estimate of drug-likeness (QED) is 0.493. The maximum absolute atomic E-state index is 13.0. The molecular weight excluding hydrogens is 374 g/mol. The van der Waals surface area contributed by atoms with Crippen molar-refractivity contribution in [2.24, 2.45) is 0 Å². The minimum Gasteiger partial charge on any atom is -0.467 e. The largest absolute Gasteiger partial charge is 0.467 e. The van der Waals surface area contributed by atoms with Crippen LogP contribution in [0.5, 0.6) is 0 Å². The van der Waals surface area contributed by atoms with E-state index in [0.29, 0.717) is 26.8 Å². The van der Waals surface area contributed by atoms with E-state index in [1.165, 1.54) is 21.2 Å². The molecular formula is C18H18ClN3O3S. The van der Waals surface area contributed by atoms with E-state index in [1.54, 1.807) is 57.6 Å². The molecule has 0 saturated carbocycles. The zero-order valence-corrected chi connectivity index (χ0v) is 16.2. The first-order valence-electron chi connectivity index (χ1n) is 7.97. The summed E-state index contributed by atoms with van der Waals surface area (Å²) in [5, 5.41) is 1.03. The molecule has 1 unspecified atom stereocenters. The molecule has 3 rings (SSSR count). The van der Waals surface area contributed by atoms with Crippen LogP contribution in [0.3, 0.4) is 0 Å². The fourth-order valence-electron chi connectivity index (χ4n) is 2.53. The van der Waals surface area contributed by atoms with E-state index in [-0.39, 0.29) is 18.0 Å². The van der Waals surface area contributed by atoms with E-state index in [9.17, 15) is 9.59 Å². The number of aromatic nitrogens is 2. The van der Waals surface area contributed by atoms with E-state index in [1.807, 2.05) is 0 Å². The van der Waals surface area contributed by atoms with Crippen molar-refractivity contribution < 1.29 is 9.21 Å². The van der Waals surface area contributed by atoms with Crippen molar-refractivity contribution in [2.75, 3.05) is 14.1 Å². The molecule has 6 nitrogen and oxygen atoms in total. The van der Waals surface area contributed by atoms with E-state index < -0.39 is 5.25 Å². The number of carbonyl (C=O) groups excluding carboxylic acids is 1. The summed E-state index contributed by atoms with van der Waals surface area (Å²) in [4.78, 5) is 31.3. The van der Waals surface area contributed by atoms with Crippen molar-refractivity contribution in [3.63, 3.8) is 0 Å². The Hall–Kier alpha value is -2.25. The molecule has 1 aromatic carbocycles. The third-order valence-electron chi connectivity index (χ3n) is 3.85. The SMILES string of the molecule is CC(Sc1nc2cc(Cl)ccc2c(=O)n1Cc1ccco1)C(=O)N(C)C. The lowest BCUT2D eigenvalue weighted by molar-refractivity contribution is -0.127. The number of fused-ring (bicyclic) bond motifs is 1. The Morgan fingerprint density at radius 2 is 2.15 bits per heavy atom. The molecule has 2 heterocycles. The Bertz CT molecular complexity index is 999. The Morgan fingerprint density at radius 3 is 2.81 bits per heavy atom. The second-order valence-corrected chi connectivity index (χ2v) is 7.76. The molecule has 0 aliphatic rings. The highest BCUT2D eigenvalue weighted by Gasteiger charge is 2.21. The van der Waals surface area contributed by atoms with Crippen LogP contribution in [-0.2, 0) is 11.3 Å². The van der Waals surface area contributed by atoms with Gasteiger partial charge in [0.25, 0.3) is 5.56 Å². The van der Waals surface area contributed by atoms with Gasteiger partial charge in [-0.3, -0.25) is 14.2 Å². The van der Waals surface area contributed by atoms with Crippen LogP contribution in [-0.4, -0.2) is 39.7 Å². The summed E-state index contributed by atoms with van der Waals surface area (Å²) in [6.45, 7) is 2.03. The van der Waals surface area contributed by atoms with Gasteiger partial charge >= 0.3 is 0 Å². The summed E-state index contributed by atoms with van der Waals surface area (Å²) in [6.07, 6.45) is 1.56. The highest BCUT2D eigenvalue weighted by molar-refractivity contribution is 8.00. The van der Waals surface area contributed by atoms with Gasteiger partial charge in [0.15, 0.2) is 5.16 Å². The fraction of sp³-hybridized carbons (Fsp3) is 0.278. The number of hydrogen-bond donors (Lipinski definition) is 0. The monoisotopic (exact) mass is 391 g/mol. The van der Waals surface area contributed by atoms with Crippen molar-refractivity contribution in [1.82, 2.24) is 14.5 Å². The fourth-order valence-corrected chi connectivity index (χ4v) is 3.75. The van der Waals surface area contributed by atoms with E-state index in [2.05, 4.69) is 4.98 Å². The second-order valence-electron chi connectivity index (χ2n) is 6.02. The maximum Gasteiger partial charge on any atom is 0.262 e. The smallest absolute Gasteiger partial charge is 0.262 e. The third-order valence-corrected chi connectivity index (χ3v) is 5.16. The Kier molecular flexibility index (Phi) is 5.38. The summed E-state index contributed by atoms with van der Waals surface area (Å²) in [5.41, 5.74) is 0.306. The highest BCUT2D eigenvalue weighted by atomic mass is 35.5. The molecule has 0 spiro atoms. The number of hydrogen-bond acceptors (Lipinski definition) is 5. The van der Waals surface area contributed by atoms with Gasteiger partial charge in [-0.25, -0.2) is 4.98 Å². The standard InChI is InChI=1S/C18H18ClN3O3S/c1-11(16(23)21(2)3)26-18-20-15-9-12(19)6-7-14(15)17(24)22(18)10-13-5-4-8-25-13/h4-9,11H,10H2,1-3H3. The predicted octanol–water partition coefficient (Wildman–Crippen LogP) is 3.26. The number of nitrogens with zero attached hydrogens (tertiary/aromatic N) is 3. The van der Waals surface area contributed by atoms with Gasteiger partial charge in [0.05, 0.1) is 29.0 Å². The lowest BCUT2D eigenvalue weighted by Crippen LogP contribution is -2.31. The van der Waals surface area contributed by atoms with E-state index in [0.717, 1.165) is 0 Å². The number of furan rings is 1. The number of rotatable bonds is 5. The van der Waals surface area contributed by atoms with Gasteiger partial charge in [0.2, 0.25) is 5.91 Å². The molecule has 0 radical (unpaired) electrons. The molecule has 136 valence electrons. The molecule has 0 N–H and O–H groups in total. The van der Waals surface area contributed by atoms with Crippen LogP contribution in [0.2, 0.25) is 5.02 Å². The van der Waals surface area contributed by atoms with Gasteiger partial charge < -0.3 is 9.32 Å². The second kappa shape index (κ2) is 7.55. The van der Waals surface area contributed by atoms with Gasteiger partial charge in [0.1, 0.15) is 5.76 Å². The molecule has 1 amide bonds. The van der Waals surface area contributed by atoms with Crippen LogP contribution in [0.1, 0.15) is 12.7 Å². The van der Waals surface area contributed by atoms with Gasteiger partial charge in [0, 0.05) is 19.1 Å². The average molecular weight is 392 g/mol. The molecule has 0 fully saturated rings. The molecule has 0 saturated heterocycles. The van der Waals surface area contributed by atoms with Crippen molar-refractivity contribution in [1.29, 1.82) is 0 Å². The summed E-state index contributed by atoms with van der Waals surface area (Å²) in [5.74, 6) is 0.579. The highest BCUT2D eigenvalue weighted by Crippen LogP contribution is 2.25. The Labute approximate surface area is 159 Å². The lowest BCUT2D eigenvalue weighted by atomic mass is 10.2. The first-order valence-corrected chi connectivity index (χ1v) is 9.23. The molecule has 2 aromatic heterocycles. The van der Waals surface area contributed by atoms with Crippen LogP contribution in [0.25, 0.3) is 10.9 Å². The topological polar surface area (TPSA) is 68.3 Å². The van der Waals surface area contributed by atoms with Gasteiger partial charge in [-0.2, -0.15) is 0 Å². The van der Waals surface area contributed by atoms with Crippen molar-refractivity contribution in [3.05, 3.63) is 57.7 Å². The molecule has 8 heteroatoms. The first kappa shape index (κ1) is 18.5. The Balaban J connectivity index is 2.11. The van der Waals surface area contributed by atoms with Gasteiger partial charge in [-0.15, -0.1) is 0 Å². The minimum atomic E-state index is -0.392. The zero-order valence-electron chi connectivity index (χ0n) is 14.6. The van der Waals surface area contributed by atoms with Crippen molar-refractivity contribution >= 4 is 40.2 Å². The number of carbonyl (C=O) groups is 1. The molecule has 26 heavy (non-hydrogen) atoms. The van der Waals surface area contributed by atoms with Crippen LogP contribution in [0.4, 0.5) is 0 Å². The predicted molar refractivity (Wildman–Crippen MR) is 103 cm³/mol. The number of benzene rings is 1. The van der Waals surface area contributed by atoms with Crippen LogP contribution < -0.4 is 5.56 Å². The van der Waals surface area contributed by atoms with Crippen molar-refractivity contribution in [2.45, 2.75) is 23.9 Å². The van der Waals surface area contributed by atoms with Crippen LogP contribution >= 0.6 is 23.4 Å². The minimum absolute atomic E-state index is 0.0556. The third kappa shape index (κ3) is 3.78. The number of amides is 1. The molecule has 3 aromatic rings. The van der Waals surface area contributed by atoms with Crippen LogP contribution in [0, 0.1) is 0 Å². The number of halogens is 1. The summed E-state index contributed by atoms with van der Waals surface area (Å²) < 4.78 is 6.90. The number of thioether (sulfide) groups is 1. The van der Waals surface area contributed by atoms with Gasteiger partial charge in [-0.1, -0.05) is 23.4 Å². The molecule has 0 aliphatic carbocycles. The van der Waals surface area contributed by atoms with Crippen LogP contribution in [0.15, 0.2) is 51.0 Å². The Morgan fingerprint density at radius 1 is 1.38 bits per heavy atom. The first-order chi connectivity index (χ1) is 12.4. The summed E-state index contributed by atoms with van der Waals surface area (Å²) in [7, 11) is 3.39. The average Bonchev–Trinajstić information content (AvgIpc) is 3.10. The normalized spacial score (nSPS) is 12.3. The lowest BCUT2D eigenvalue weighted by Gasteiger charge is -2.18. The van der Waals surface area contributed by atoms with Gasteiger partial charge in [-0.05, 0) is 37.3 Å². The molecule has 0 bridgehead atoms. The maximum atomic E-state index is 13.0. The molecule has 0 aliphatic heterocycles.